The third-order valence-electron chi connectivity index (χ3n) is 4.49. The van der Waals surface area contributed by atoms with Crippen LogP contribution in [0.15, 0.2) is 0 Å². The van der Waals surface area contributed by atoms with Crippen molar-refractivity contribution in [2.75, 3.05) is 6.54 Å². The summed E-state index contributed by atoms with van der Waals surface area (Å²) in [5, 5.41) is 3.59. The Labute approximate surface area is 130 Å². The normalized spacial score (nSPS) is 18.6. The molecule has 0 saturated heterocycles. The van der Waals surface area contributed by atoms with E-state index in [0.29, 0.717) is 5.92 Å². The average Bonchev–Trinajstić information content (AvgIpc) is 3.09. The van der Waals surface area contributed by atoms with Crippen LogP contribution in [0.25, 0.3) is 0 Å². The topological polar surface area (TPSA) is 37.8 Å². The van der Waals surface area contributed by atoms with Gasteiger partial charge in [0, 0.05) is 22.3 Å². The van der Waals surface area contributed by atoms with Crippen LogP contribution in [0.3, 0.4) is 0 Å². The molecule has 0 spiro atoms. The third kappa shape index (κ3) is 4.26. The molecule has 1 heterocycles. The molecule has 118 valence electrons. The predicted molar refractivity (Wildman–Crippen MR) is 88.7 cm³/mol. The van der Waals surface area contributed by atoms with E-state index in [-0.39, 0.29) is 11.0 Å². The van der Waals surface area contributed by atoms with E-state index >= 15 is 0 Å². The van der Waals surface area contributed by atoms with E-state index in [0.717, 1.165) is 18.8 Å². The molecular weight excluding hydrogens is 258 g/mol. The summed E-state index contributed by atoms with van der Waals surface area (Å²) in [7, 11) is 0. The Morgan fingerprint density at radius 3 is 2.10 bits per heavy atom. The first kappa shape index (κ1) is 16.4. The number of aromatic nitrogens is 2. The molecule has 3 heteroatoms. The van der Waals surface area contributed by atoms with Crippen molar-refractivity contribution >= 4 is 0 Å². The van der Waals surface area contributed by atoms with Crippen molar-refractivity contribution < 1.29 is 0 Å². The van der Waals surface area contributed by atoms with Gasteiger partial charge in [-0.2, -0.15) is 0 Å². The summed E-state index contributed by atoms with van der Waals surface area (Å²) in [6.07, 6.45) is 3.52. The van der Waals surface area contributed by atoms with Gasteiger partial charge in [-0.25, -0.2) is 9.97 Å². The molecule has 1 aromatic heterocycles. The molecule has 0 aromatic carbocycles. The second-order valence-corrected chi connectivity index (χ2v) is 8.20. The van der Waals surface area contributed by atoms with E-state index in [2.05, 4.69) is 53.8 Å². The van der Waals surface area contributed by atoms with Crippen LogP contribution >= 0.6 is 0 Å². The van der Waals surface area contributed by atoms with Crippen molar-refractivity contribution in [3.63, 3.8) is 0 Å². The fraction of sp³-hybridized carbons (Fsp3) is 0.778. The van der Waals surface area contributed by atoms with Crippen molar-refractivity contribution in [1.29, 1.82) is 0 Å². The zero-order valence-electron chi connectivity index (χ0n) is 14.8. The third-order valence-corrected chi connectivity index (χ3v) is 4.49. The van der Waals surface area contributed by atoms with Gasteiger partial charge in [-0.1, -0.05) is 13.8 Å². The molecule has 0 aliphatic heterocycles. The lowest BCUT2D eigenvalue weighted by atomic mass is 9.97. The van der Waals surface area contributed by atoms with E-state index in [1.165, 1.54) is 29.8 Å². The fourth-order valence-corrected chi connectivity index (χ4v) is 2.62. The van der Waals surface area contributed by atoms with Crippen LogP contribution in [0.2, 0.25) is 0 Å². The first-order chi connectivity index (χ1) is 9.61. The molecule has 1 atom stereocenters. The molecule has 1 unspecified atom stereocenters. The highest BCUT2D eigenvalue weighted by molar-refractivity contribution is 5.28. The van der Waals surface area contributed by atoms with Crippen LogP contribution in [0.1, 0.15) is 70.2 Å². The summed E-state index contributed by atoms with van der Waals surface area (Å²) in [4.78, 5) is 9.60. The largest absolute Gasteiger partial charge is 0.312 e. The van der Waals surface area contributed by atoms with E-state index in [1.54, 1.807) is 0 Å². The molecule has 21 heavy (non-hydrogen) atoms. The zero-order valence-corrected chi connectivity index (χ0v) is 14.8. The van der Waals surface area contributed by atoms with Gasteiger partial charge in [0.1, 0.15) is 5.82 Å². The Bertz CT molecular complexity index is 487. The van der Waals surface area contributed by atoms with Crippen molar-refractivity contribution in [2.45, 2.75) is 78.7 Å². The minimum Gasteiger partial charge on any atom is -0.312 e. The first-order valence-electron chi connectivity index (χ1n) is 8.20. The van der Waals surface area contributed by atoms with Gasteiger partial charge < -0.3 is 5.32 Å². The van der Waals surface area contributed by atoms with E-state index < -0.39 is 0 Å². The Balaban J connectivity index is 2.06. The number of nitrogens with zero attached hydrogens (tertiary/aromatic N) is 2. The maximum absolute atomic E-state index is 4.80. The van der Waals surface area contributed by atoms with Gasteiger partial charge in [0.05, 0.1) is 0 Å². The van der Waals surface area contributed by atoms with Crippen LogP contribution in [-0.2, 0) is 11.8 Å². The second-order valence-electron chi connectivity index (χ2n) is 8.20. The average molecular weight is 289 g/mol. The summed E-state index contributed by atoms with van der Waals surface area (Å²) >= 11 is 0. The lowest BCUT2D eigenvalue weighted by molar-refractivity contribution is 0.380. The Morgan fingerprint density at radius 1 is 1.14 bits per heavy atom. The maximum Gasteiger partial charge on any atom is 0.134 e. The monoisotopic (exact) mass is 289 g/mol. The SMILES string of the molecule is Cc1nc(C2(C)CC2)nc(C)c1CC(C)CNC(C)(C)C. The fourth-order valence-electron chi connectivity index (χ4n) is 2.62. The van der Waals surface area contributed by atoms with Gasteiger partial charge in [-0.15, -0.1) is 0 Å². The van der Waals surface area contributed by atoms with Crippen molar-refractivity contribution in [2.24, 2.45) is 5.92 Å². The van der Waals surface area contributed by atoms with E-state index in [4.69, 9.17) is 9.97 Å². The number of hydrogen-bond donors (Lipinski definition) is 1. The number of nitrogens with one attached hydrogen (secondary N) is 1. The van der Waals surface area contributed by atoms with Crippen LogP contribution < -0.4 is 5.32 Å². The van der Waals surface area contributed by atoms with E-state index in [1.807, 2.05) is 0 Å². The van der Waals surface area contributed by atoms with Gasteiger partial charge >= 0.3 is 0 Å². The number of aryl methyl sites for hydroxylation is 2. The number of rotatable bonds is 5. The summed E-state index contributed by atoms with van der Waals surface area (Å²) < 4.78 is 0. The highest BCUT2D eigenvalue weighted by Crippen LogP contribution is 2.46. The standard InChI is InChI=1S/C18H31N3/c1-12(11-19-17(4,5)6)10-15-13(2)20-16(21-14(15)3)18(7)8-9-18/h12,19H,8-11H2,1-7H3. The Hall–Kier alpha value is -0.960. The van der Waals surface area contributed by atoms with Gasteiger partial charge in [-0.3, -0.25) is 0 Å². The molecule has 1 aliphatic carbocycles. The predicted octanol–water partition coefficient (Wildman–Crippen LogP) is 3.71. The van der Waals surface area contributed by atoms with Crippen LogP contribution in [0.4, 0.5) is 0 Å². The molecule has 1 aromatic rings. The molecule has 0 radical (unpaired) electrons. The Kier molecular flexibility index (Phi) is 4.44. The molecule has 2 rings (SSSR count). The first-order valence-corrected chi connectivity index (χ1v) is 8.20. The van der Waals surface area contributed by atoms with Crippen LogP contribution in [0, 0.1) is 19.8 Å². The number of hydrogen-bond acceptors (Lipinski definition) is 3. The van der Waals surface area contributed by atoms with Gasteiger partial charge in [0.2, 0.25) is 0 Å². The lowest BCUT2D eigenvalue weighted by Gasteiger charge is -2.24. The molecular formula is C18H31N3. The quantitative estimate of drug-likeness (QED) is 0.898. The smallest absolute Gasteiger partial charge is 0.134 e. The van der Waals surface area contributed by atoms with Crippen molar-refractivity contribution in [1.82, 2.24) is 15.3 Å². The van der Waals surface area contributed by atoms with Gasteiger partial charge in [0.15, 0.2) is 0 Å². The summed E-state index contributed by atoms with van der Waals surface area (Å²) in [6.45, 7) is 16.5. The summed E-state index contributed by atoms with van der Waals surface area (Å²) in [5.74, 6) is 1.65. The Morgan fingerprint density at radius 2 is 1.67 bits per heavy atom. The second kappa shape index (κ2) is 5.68. The van der Waals surface area contributed by atoms with Crippen molar-refractivity contribution in [3.05, 3.63) is 22.8 Å². The highest BCUT2D eigenvalue weighted by Gasteiger charge is 2.42. The van der Waals surface area contributed by atoms with Crippen LogP contribution in [-0.4, -0.2) is 22.1 Å². The van der Waals surface area contributed by atoms with Crippen molar-refractivity contribution in [3.8, 4) is 0 Å². The minimum absolute atomic E-state index is 0.180. The van der Waals surface area contributed by atoms with Crippen LogP contribution in [0.5, 0.6) is 0 Å². The lowest BCUT2D eigenvalue weighted by Crippen LogP contribution is -2.39. The molecule has 1 fully saturated rings. The summed E-state index contributed by atoms with van der Waals surface area (Å²) in [5.41, 5.74) is 4.12. The van der Waals surface area contributed by atoms with E-state index in [9.17, 15) is 0 Å². The highest BCUT2D eigenvalue weighted by atomic mass is 14.9. The zero-order chi connectivity index (χ0) is 15.8. The minimum atomic E-state index is 0.180. The molecule has 0 amide bonds. The summed E-state index contributed by atoms with van der Waals surface area (Å²) in [6, 6.07) is 0. The molecule has 1 aliphatic rings. The van der Waals surface area contributed by atoms with Gasteiger partial charge in [-0.05, 0) is 71.9 Å². The molecule has 1 N–H and O–H groups in total. The molecule has 1 saturated carbocycles. The van der Waals surface area contributed by atoms with Gasteiger partial charge in [0.25, 0.3) is 0 Å². The molecule has 3 nitrogen and oxygen atoms in total. The maximum atomic E-state index is 4.80. The molecule has 0 bridgehead atoms.